The number of likely N-dealkylation sites (tertiary alicyclic amines) is 1. The van der Waals surface area contributed by atoms with Crippen LogP contribution in [0.4, 0.5) is 0 Å². The number of benzene rings is 2. The van der Waals surface area contributed by atoms with E-state index in [-0.39, 0.29) is 11.8 Å². The molecule has 4 nitrogen and oxygen atoms in total. The van der Waals surface area contributed by atoms with Crippen molar-refractivity contribution in [2.45, 2.75) is 32.6 Å². The summed E-state index contributed by atoms with van der Waals surface area (Å²) in [6, 6.07) is 20.5. The van der Waals surface area contributed by atoms with Gasteiger partial charge in [-0.1, -0.05) is 60.7 Å². The topological polar surface area (TPSA) is 57.6 Å². The number of carboxylic acids is 1. The van der Waals surface area contributed by atoms with E-state index in [1.54, 1.807) is 11.8 Å². The molecule has 1 atom stereocenters. The Labute approximate surface area is 160 Å². The molecule has 0 spiro atoms. The van der Waals surface area contributed by atoms with Gasteiger partial charge in [-0.05, 0) is 43.2 Å². The number of hydrogen-bond donors (Lipinski definition) is 1. The first-order chi connectivity index (χ1) is 13.0. The lowest BCUT2D eigenvalue weighted by atomic mass is 9.89. The van der Waals surface area contributed by atoms with Crippen molar-refractivity contribution in [2.75, 3.05) is 13.1 Å². The van der Waals surface area contributed by atoms with Crippen LogP contribution in [-0.4, -0.2) is 35.0 Å². The summed E-state index contributed by atoms with van der Waals surface area (Å²) < 4.78 is 0. The van der Waals surface area contributed by atoms with Gasteiger partial charge in [0.05, 0.1) is 5.41 Å². The maximum atomic E-state index is 12.9. The third-order valence-electron chi connectivity index (χ3n) is 5.54. The minimum atomic E-state index is -0.817. The smallest absolute Gasteiger partial charge is 0.311 e. The van der Waals surface area contributed by atoms with Crippen LogP contribution in [0.3, 0.4) is 0 Å². The largest absolute Gasteiger partial charge is 0.481 e. The van der Waals surface area contributed by atoms with E-state index in [0.717, 1.165) is 12.8 Å². The molecule has 27 heavy (non-hydrogen) atoms. The van der Waals surface area contributed by atoms with Gasteiger partial charge in [0, 0.05) is 19.5 Å². The lowest BCUT2D eigenvalue weighted by Gasteiger charge is -2.23. The molecule has 0 aromatic heterocycles. The van der Waals surface area contributed by atoms with Crippen LogP contribution in [0.25, 0.3) is 0 Å². The molecule has 0 saturated carbocycles. The fourth-order valence-corrected chi connectivity index (χ4v) is 3.84. The molecule has 4 heteroatoms. The number of nitrogens with zero attached hydrogens (tertiary/aromatic N) is 1. The van der Waals surface area contributed by atoms with Gasteiger partial charge in [0.2, 0.25) is 5.91 Å². The van der Waals surface area contributed by atoms with E-state index in [4.69, 9.17) is 0 Å². The van der Waals surface area contributed by atoms with Crippen LogP contribution in [0.2, 0.25) is 0 Å². The van der Waals surface area contributed by atoms with Gasteiger partial charge < -0.3 is 10.0 Å². The van der Waals surface area contributed by atoms with Gasteiger partial charge >= 0.3 is 5.97 Å². The number of aliphatic carboxylic acids is 1. The van der Waals surface area contributed by atoms with Crippen molar-refractivity contribution in [3.05, 3.63) is 71.8 Å². The van der Waals surface area contributed by atoms with E-state index in [1.807, 2.05) is 36.4 Å². The molecule has 0 aliphatic carbocycles. The average Bonchev–Trinajstić information content (AvgIpc) is 3.07. The number of carbonyl (C=O) groups is 2. The zero-order chi connectivity index (χ0) is 19.3. The second-order valence-electron chi connectivity index (χ2n) is 7.88. The summed E-state index contributed by atoms with van der Waals surface area (Å²) in [5.41, 5.74) is 1.63. The maximum absolute atomic E-state index is 12.9. The van der Waals surface area contributed by atoms with Gasteiger partial charge in [-0.25, -0.2) is 0 Å². The summed E-state index contributed by atoms with van der Waals surface area (Å²) in [7, 11) is 0. The molecule has 1 unspecified atom stereocenters. The third-order valence-corrected chi connectivity index (χ3v) is 5.54. The Hall–Kier alpha value is -2.62. The Balaban J connectivity index is 1.69. The fourth-order valence-electron chi connectivity index (χ4n) is 3.84. The second-order valence-corrected chi connectivity index (χ2v) is 7.88. The first-order valence-electron chi connectivity index (χ1n) is 9.55. The molecule has 1 heterocycles. The van der Waals surface area contributed by atoms with Crippen molar-refractivity contribution in [3.8, 4) is 0 Å². The Bertz CT molecular complexity index is 733. The predicted molar refractivity (Wildman–Crippen MR) is 105 cm³/mol. The molecule has 1 aliphatic rings. The van der Waals surface area contributed by atoms with Crippen LogP contribution >= 0.6 is 0 Å². The fraction of sp³-hybridized carbons (Fsp3) is 0.391. The zero-order valence-electron chi connectivity index (χ0n) is 15.8. The first kappa shape index (κ1) is 19.2. The van der Waals surface area contributed by atoms with Crippen molar-refractivity contribution in [2.24, 2.45) is 11.3 Å². The van der Waals surface area contributed by atoms with Crippen LogP contribution < -0.4 is 0 Å². The lowest BCUT2D eigenvalue weighted by Crippen LogP contribution is -2.36. The monoisotopic (exact) mass is 365 g/mol. The van der Waals surface area contributed by atoms with Gasteiger partial charge in [-0.3, -0.25) is 9.59 Å². The normalized spacial score (nSPS) is 19.4. The highest BCUT2D eigenvalue weighted by Crippen LogP contribution is 2.31. The predicted octanol–water partition coefficient (Wildman–Crippen LogP) is 3.80. The van der Waals surface area contributed by atoms with Crippen molar-refractivity contribution in [1.29, 1.82) is 0 Å². The van der Waals surface area contributed by atoms with Crippen molar-refractivity contribution in [3.63, 3.8) is 0 Å². The Morgan fingerprint density at radius 1 is 1.00 bits per heavy atom. The highest BCUT2D eigenvalue weighted by atomic mass is 16.4. The van der Waals surface area contributed by atoms with E-state index in [1.165, 1.54) is 11.1 Å². The Morgan fingerprint density at radius 3 is 1.96 bits per heavy atom. The SMILES string of the molecule is CC1(C(=O)O)CCN(C(=O)CC(Cc2ccccc2)Cc2ccccc2)C1. The molecular weight excluding hydrogens is 338 g/mol. The Kier molecular flexibility index (Phi) is 5.94. The molecule has 1 aliphatic heterocycles. The van der Waals surface area contributed by atoms with E-state index >= 15 is 0 Å². The number of rotatable bonds is 7. The molecular formula is C23H27NO3. The van der Waals surface area contributed by atoms with Gasteiger partial charge in [-0.2, -0.15) is 0 Å². The molecule has 1 saturated heterocycles. The molecule has 0 radical (unpaired) electrons. The highest BCUT2D eigenvalue weighted by molar-refractivity contribution is 5.80. The Morgan fingerprint density at radius 2 is 1.52 bits per heavy atom. The molecule has 2 aromatic carbocycles. The van der Waals surface area contributed by atoms with Gasteiger partial charge in [-0.15, -0.1) is 0 Å². The minimum Gasteiger partial charge on any atom is -0.481 e. The third kappa shape index (κ3) is 4.97. The number of carbonyl (C=O) groups excluding carboxylic acids is 1. The van der Waals surface area contributed by atoms with E-state index in [0.29, 0.717) is 25.9 Å². The van der Waals surface area contributed by atoms with Gasteiger partial charge in [0.15, 0.2) is 0 Å². The summed E-state index contributed by atoms with van der Waals surface area (Å²) in [5.74, 6) is -0.557. The quantitative estimate of drug-likeness (QED) is 0.812. The van der Waals surface area contributed by atoms with Crippen molar-refractivity contribution in [1.82, 2.24) is 4.90 Å². The molecule has 2 aromatic rings. The number of amides is 1. The standard InChI is InChI=1S/C23H27NO3/c1-23(22(26)27)12-13-24(17-23)21(25)16-20(14-18-8-4-2-5-9-18)15-19-10-6-3-7-11-19/h2-11,20H,12-17H2,1H3,(H,26,27). The van der Waals surface area contributed by atoms with Crippen LogP contribution in [0.15, 0.2) is 60.7 Å². The first-order valence-corrected chi connectivity index (χ1v) is 9.55. The summed E-state index contributed by atoms with van der Waals surface area (Å²) >= 11 is 0. The van der Waals surface area contributed by atoms with Gasteiger partial charge in [0.25, 0.3) is 0 Å². The minimum absolute atomic E-state index is 0.0665. The average molecular weight is 365 g/mol. The second kappa shape index (κ2) is 8.38. The molecule has 1 amide bonds. The zero-order valence-corrected chi connectivity index (χ0v) is 15.8. The van der Waals surface area contributed by atoms with Gasteiger partial charge in [0.1, 0.15) is 0 Å². The summed E-state index contributed by atoms with van der Waals surface area (Å²) in [5, 5.41) is 9.41. The van der Waals surface area contributed by atoms with Crippen molar-refractivity contribution < 1.29 is 14.7 Å². The number of hydrogen-bond acceptors (Lipinski definition) is 2. The van der Waals surface area contributed by atoms with E-state index in [9.17, 15) is 14.7 Å². The molecule has 1 N–H and O–H groups in total. The number of carboxylic acid groups (broad SMARTS) is 1. The van der Waals surface area contributed by atoms with Crippen LogP contribution in [0.5, 0.6) is 0 Å². The van der Waals surface area contributed by atoms with Crippen molar-refractivity contribution >= 4 is 11.9 Å². The molecule has 1 fully saturated rings. The maximum Gasteiger partial charge on any atom is 0.311 e. The molecule has 0 bridgehead atoms. The van der Waals surface area contributed by atoms with E-state index < -0.39 is 11.4 Å². The van der Waals surface area contributed by atoms with E-state index in [2.05, 4.69) is 24.3 Å². The van der Waals surface area contributed by atoms with Crippen LogP contribution in [-0.2, 0) is 22.4 Å². The summed E-state index contributed by atoms with van der Waals surface area (Å²) in [4.78, 5) is 26.1. The molecule has 142 valence electrons. The summed E-state index contributed by atoms with van der Waals surface area (Å²) in [6.07, 6.45) is 2.65. The lowest BCUT2D eigenvalue weighted by molar-refractivity contribution is -0.147. The van der Waals surface area contributed by atoms with Crippen LogP contribution in [0.1, 0.15) is 30.9 Å². The highest BCUT2D eigenvalue weighted by Gasteiger charge is 2.42. The molecule has 3 rings (SSSR count). The summed E-state index contributed by atoms with van der Waals surface area (Å²) in [6.45, 7) is 2.57. The van der Waals surface area contributed by atoms with Crippen LogP contribution in [0, 0.1) is 11.3 Å².